The number of para-hydroxylation sites is 1. The number of thiazole rings is 1. The molecular formula is C14H15N5O2S. The van der Waals surface area contributed by atoms with E-state index >= 15 is 0 Å². The Hall–Kier alpha value is -2.48. The van der Waals surface area contributed by atoms with Crippen LogP contribution in [0.15, 0.2) is 24.3 Å². The zero-order valence-electron chi connectivity index (χ0n) is 12.2. The van der Waals surface area contributed by atoms with Gasteiger partial charge in [0.25, 0.3) is 0 Å². The first-order chi connectivity index (χ1) is 10.6. The number of anilines is 1. The van der Waals surface area contributed by atoms with E-state index in [1.54, 1.807) is 22.9 Å². The third-order valence-electron chi connectivity index (χ3n) is 3.32. The van der Waals surface area contributed by atoms with Gasteiger partial charge in [-0.3, -0.25) is 10.1 Å². The molecule has 0 fully saturated rings. The molecule has 114 valence electrons. The predicted molar refractivity (Wildman–Crippen MR) is 86.2 cm³/mol. The van der Waals surface area contributed by atoms with Gasteiger partial charge in [0.1, 0.15) is 10.7 Å². The third-order valence-corrected chi connectivity index (χ3v) is 4.36. The molecule has 0 atom stereocenters. The second kappa shape index (κ2) is 5.72. The van der Waals surface area contributed by atoms with Crippen molar-refractivity contribution < 1.29 is 4.92 Å². The van der Waals surface area contributed by atoms with Crippen LogP contribution in [0.2, 0.25) is 0 Å². The molecule has 2 aromatic heterocycles. The minimum atomic E-state index is -0.394. The summed E-state index contributed by atoms with van der Waals surface area (Å²) in [4.78, 5) is 15.4. The third kappa shape index (κ3) is 2.52. The monoisotopic (exact) mass is 317 g/mol. The molecule has 0 saturated heterocycles. The molecule has 0 unspecified atom stereocenters. The SMILES string of the molecule is CCn1nc(C)c([N+](=O)[O-])c1NCc1nc2ccccc2s1. The summed E-state index contributed by atoms with van der Waals surface area (Å²) in [5.41, 5.74) is 1.39. The molecular weight excluding hydrogens is 302 g/mol. The summed E-state index contributed by atoms with van der Waals surface area (Å²) in [7, 11) is 0. The standard InChI is InChI=1S/C14H15N5O2S/c1-3-18-14(13(19(20)21)9(2)17-18)15-8-12-16-10-6-4-5-7-11(10)22-12/h4-7,15H,3,8H2,1-2H3. The van der Waals surface area contributed by atoms with Gasteiger partial charge in [0.2, 0.25) is 5.82 Å². The van der Waals surface area contributed by atoms with Gasteiger partial charge in [-0.15, -0.1) is 11.3 Å². The zero-order valence-corrected chi connectivity index (χ0v) is 13.1. The summed E-state index contributed by atoms with van der Waals surface area (Å²) in [6.07, 6.45) is 0. The Morgan fingerprint density at radius 3 is 2.86 bits per heavy atom. The van der Waals surface area contributed by atoms with Gasteiger partial charge in [0.15, 0.2) is 0 Å². The van der Waals surface area contributed by atoms with E-state index in [9.17, 15) is 10.1 Å². The van der Waals surface area contributed by atoms with Crippen molar-refractivity contribution in [1.82, 2.24) is 14.8 Å². The molecule has 0 bridgehead atoms. The molecule has 0 spiro atoms. The van der Waals surface area contributed by atoms with Crippen molar-refractivity contribution in [1.29, 1.82) is 0 Å². The van der Waals surface area contributed by atoms with Gasteiger partial charge in [-0.25, -0.2) is 9.67 Å². The lowest BCUT2D eigenvalue weighted by Crippen LogP contribution is -2.08. The van der Waals surface area contributed by atoms with Crippen molar-refractivity contribution in [3.05, 3.63) is 45.1 Å². The van der Waals surface area contributed by atoms with E-state index in [-0.39, 0.29) is 5.69 Å². The molecule has 7 nitrogen and oxygen atoms in total. The molecule has 22 heavy (non-hydrogen) atoms. The number of hydrogen-bond acceptors (Lipinski definition) is 6. The van der Waals surface area contributed by atoms with Crippen LogP contribution in [0.5, 0.6) is 0 Å². The predicted octanol–water partition coefficient (Wildman–Crippen LogP) is 3.34. The van der Waals surface area contributed by atoms with E-state index in [0.717, 1.165) is 15.2 Å². The number of nitro groups is 1. The minimum absolute atomic E-state index is 0.0305. The Kier molecular flexibility index (Phi) is 3.76. The van der Waals surface area contributed by atoms with Crippen LogP contribution in [-0.2, 0) is 13.1 Å². The van der Waals surface area contributed by atoms with Crippen LogP contribution < -0.4 is 5.32 Å². The highest BCUT2D eigenvalue weighted by atomic mass is 32.1. The van der Waals surface area contributed by atoms with Gasteiger partial charge in [0.05, 0.1) is 21.7 Å². The first-order valence-electron chi connectivity index (χ1n) is 6.90. The van der Waals surface area contributed by atoms with Crippen LogP contribution in [0.4, 0.5) is 11.5 Å². The van der Waals surface area contributed by atoms with Crippen molar-refractivity contribution >= 4 is 33.1 Å². The van der Waals surface area contributed by atoms with Gasteiger partial charge in [0, 0.05) is 6.54 Å². The van der Waals surface area contributed by atoms with Crippen molar-refractivity contribution in [2.24, 2.45) is 0 Å². The maximum Gasteiger partial charge on any atom is 0.333 e. The second-order valence-electron chi connectivity index (χ2n) is 4.78. The Bertz CT molecular complexity index is 806. The number of fused-ring (bicyclic) bond motifs is 1. The quantitative estimate of drug-likeness (QED) is 0.576. The second-order valence-corrected chi connectivity index (χ2v) is 5.90. The van der Waals surface area contributed by atoms with Crippen molar-refractivity contribution in [3.8, 4) is 0 Å². The van der Waals surface area contributed by atoms with E-state index in [2.05, 4.69) is 15.4 Å². The number of nitrogens with one attached hydrogen (secondary N) is 1. The minimum Gasteiger partial charge on any atom is -0.358 e. The Morgan fingerprint density at radius 1 is 1.41 bits per heavy atom. The molecule has 0 radical (unpaired) electrons. The van der Waals surface area contributed by atoms with Crippen LogP contribution in [-0.4, -0.2) is 19.7 Å². The summed E-state index contributed by atoms with van der Waals surface area (Å²) in [5, 5.41) is 19.4. The van der Waals surface area contributed by atoms with Crippen molar-refractivity contribution in [2.75, 3.05) is 5.32 Å². The number of benzene rings is 1. The van der Waals surface area contributed by atoms with Gasteiger partial charge < -0.3 is 5.32 Å². The number of rotatable bonds is 5. The molecule has 1 N–H and O–H groups in total. The van der Waals surface area contributed by atoms with Crippen LogP contribution in [0.25, 0.3) is 10.2 Å². The molecule has 0 aliphatic carbocycles. The molecule has 8 heteroatoms. The average molecular weight is 317 g/mol. The lowest BCUT2D eigenvalue weighted by Gasteiger charge is -2.05. The molecule has 3 rings (SSSR count). The fourth-order valence-electron chi connectivity index (χ4n) is 2.35. The van der Waals surface area contributed by atoms with Crippen LogP contribution in [0.3, 0.4) is 0 Å². The highest BCUT2D eigenvalue weighted by Gasteiger charge is 2.24. The summed E-state index contributed by atoms with van der Waals surface area (Å²) in [6.45, 7) is 4.55. The molecule has 1 aromatic carbocycles. The van der Waals surface area contributed by atoms with Crippen LogP contribution in [0, 0.1) is 17.0 Å². The van der Waals surface area contributed by atoms with E-state index in [4.69, 9.17) is 0 Å². The fraction of sp³-hybridized carbons (Fsp3) is 0.286. The zero-order chi connectivity index (χ0) is 15.7. The highest BCUT2D eigenvalue weighted by molar-refractivity contribution is 7.18. The van der Waals surface area contributed by atoms with Crippen molar-refractivity contribution in [2.45, 2.75) is 26.9 Å². The van der Waals surface area contributed by atoms with E-state index in [1.807, 2.05) is 31.2 Å². The van der Waals surface area contributed by atoms with Crippen LogP contribution in [0.1, 0.15) is 17.6 Å². The molecule has 0 aliphatic rings. The number of aromatic nitrogens is 3. The molecule has 3 aromatic rings. The molecule has 0 saturated carbocycles. The normalized spacial score (nSPS) is 11.0. The lowest BCUT2D eigenvalue weighted by molar-refractivity contribution is -0.384. The highest BCUT2D eigenvalue weighted by Crippen LogP contribution is 2.29. The van der Waals surface area contributed by atoms with Gasteiger partial charge >= 0.3 is 5.69 Å². The van der Waals surface area contributed by atoms with E-state index in [0.29, 0.717) is 24.6 Å². The summed E-state index contributed by atoms with van der Waals surface area (Å²) < 4.78 is 2.72. The smallest absolute Gasteiger partial charge is 0.333 e. The lowest BCUT2D eigenvalue weighted by atomic mass is 10.3. The molecule has 0 amide bonds. The maximum atomic E-state index is 11.2. The Morgan fingerprint density at radius 2 is 2.18 bits per heavy atom. The summed E-state index contributed by atoms with van der Waals surface area (Å²) in [5.74, 6) is 0.434. The molecule has 2 heterocycles. The number of nitrogens with zero attached hydrogens (tertiary/aromatic N) is 4. The fourth-order valence-corrected chi connectivity index (χ4v) is 3.26. The largest absolute Gasteiger partial charge is 0.358 e. The van der Waals surface area contributed by atoms with Crippen LogP contribution >= 0.6 is 11.3 Å². The number of hydrogen-bond donors (Lipinski definition) is 1. The van der Waals surface area contributed by atoms with E-state index in [1.165, 1.54) is 0 Å². The Balaban J connectivity index is 1.88. The first kappa shape index (κ1) is 14.5. The topological polar surface area (TPSA) is 85.9 Å². The summed E-state index contributed by atoms with van der Waals surface area (Å²) >= 11 is 1.58. The van der Waals surface area contributed by atoms with Gasteiger partial charge in [-0.2, -0.15) is 5.10 Å². The molecule has 0 aliphatic heterocycles. The number of aryl methyl sites for hydroxylation is 2. The average Bonchev–Trinajstić information content (AvgIpc) is 3.04. The van der Waals surface area contributed by atoms with Gasteiger partial charge in [-0.05, 0) is 26.0 Å². The first-order valence-corrected chi connectivity index (χ1v) is 7.72. The van der Waals surface area contributed by atoms with Gasteiger partial charge in [-0.1, -0.05) is 12.1 Å². The maximum absolute atomic E-state index is 11.2. The Labute approximate surface area is 130 Å². The van der Waals surface area contributed by atoms with E-state index < -0.39 is 4.92 Å². The van der Waals surface area contributed by atoms with Crippen molar-refractivity contribution in [3.63, 3.8) is 0 Å². The summed E-state index contributed by atoms with van der Waals surface area (Å²) in [6, 6.07) is 7.88.